The van der Waals surface area contributed by atoms with Gasteiger partial charge >= 0.3 is 0 Å². The lowest BCUT2D eigenvalue weighted by atomic mass is 10.0. The van der Waals surface area contributed by atoms with Gasteiger partial charge in [-0.15, -0.1) is 6.42 Å². The number of hydrogen-bond donors (Lipinski definition) is 4. The molecule has 51 heavy (non-hydrogen) atoms. The third kappa shape index (κ3) is 13.9. The van der Waals surface area contributed by atoms with E-state index in [4.69, 9.17) is 29.4 Å². The quantitative estimate of drug-likeness (QED) is 0.0903. The van der Waals surface area contributed by atoms with E-state index in [1.165, 1.54) is 0 Å². The normalized spacial score (nSPS) is 9.29. The fraction of sp³-hybridized carbons (Fsp3) is 0. The molecule has 6 rings (SSSR count). The van der Waals surface area contributed by atoms with Crippen molar-refractivity contribution >= 4 is 70.5 Å². The van der Waals surface area contributed by atoms with E-state index in [2.05, 4.69) is 89.2 Å². The summed E-state index contributed by atoms with van der Waals surface area (Å²) in [5, 5.41) is 0. The highest BCUT2D eigenvalue weighted by atomic mass is 79.9. The van der Waals surface area contributed by atoms with Crippen LogP contribution in [0.4, 0.5) is 22.7 Å². The van der Waals surface area contributed by atoms with E-state index in [1.54, 1.807) is 12.1 Å². The van der Waals surface area contributed by atoms with Crippen molar-refractivity contribution in [2.24, 2.45) is 0 Å². The molecule has 4 nitrogen and oxygen atoms in total. The van der Waals surface area contributed by atoms with Gasteiger partial charge in [-0.05, 0) is 133 Å². The molecule has 0 unspecified atom stereocenters. The first kappa shape index (κ1) is 38.0. The number of nitrogen functional groups attached to an aromatic ring is 4. The van der Waals surface area contributed by atoms with Crippen LogP contribution in [0.15, 0.2) is 147 Å². The Morgan fingerprint density at radius 2 is 0.529 bits per heavy atom. The minimum absolute atomic E-state index is 0.709. The predicted molar refractivity (Wildman–Crippen MR) is 225 cm³/mol. The van der Waals surface area contributed by atoms with Gasteiger partial charge in [0.25, 0.3) is 0 Å². The third-order valence-corrected chi connectivity index (χ3v) is 8.00. The van der Waals surface area contributed by atoms with Crippen LogP contribution in [0, 0.1) is 47.9 Å². The lowest BCUT2D eigenvalue weighted by molar-refractivity contribution is 1.55. The first-order valence-electron chi connectivity index (χ1n) is 15.3. The smallest absolute Gasteiger partial charge is 0.0314 e. The number of benzene rings is 6. The van der Waals surface area contributed by atoms with Gasteiger partial charge in [0.15, 0.2) is 0 Å². The average molecular weight is 855 g/mol. The van der Waals surface area contributed by atoms with Crippen LogP contribution in [0.25, 0.3) is 0 Å². The molecule has 0 heterocycles. The van der Waals surface area contributed by atoms with E-state index in [-0.39, 0.29) is 0 Å². The Balaban J connectivity index is 0.000000262. The average Bonchev–Trinajstić information content (AvgIpc) is 3.11. The number of halogens is 3. The van der Waals surface area contributed by atoms with Crippen LogP contribution >= 0.6 is 47.8 Å². The standard InChI is InChI=1S/C30H21N3.C8H7N.C6H3Br3/c31-28-13-7-22(8-14-28)1-4-25-19-26(5-2-23-9-15-29(32)16-10-23)21-27(20-25)6-3-24-11-17-30(33)18-12-24;1-2-7-3-5-8(9)6-4-7;7-4-1-5(8)3-6(9)2-4/h7-21H,31-33H2;1,3-6H,9H2;1-3H. The molecule has 0 fully saturated rings. The van der Waals surface area contributed by atoms with E-state index in [9.17, 15) is 0 Å². The number of terminal acetylenes is 1. The molecule has 0 radical (unpaired) electrons. The minimum Gasteiger partial charge on any atom is -0.399 e. The summed E-state index contributed by atoms with van der Waals surface area (Å²) in [4.78, 5) is 0. The van der Waals surface area contributed by atoms with E-state index < -0.39 is 0 Å². The number of hydrogen-bond acceptors (Lipinski definition) is 4. The third-order valence-electron chi connectivity index (χ3n) is 6.62. The largest absolute Gasteiger partial charge is 0.399 e. The first-order chi connectivity index (χ1) is 24.5. The summed E-state index contributed by atoms with van der Waals surface area (Å²) in [6.45, 7) is 0. The molecule has 0 saturated carbocycles. The molecule has 248 valence electrons. The SMILES string of the molecule is Brc1cc(Br)cc(Br)c1.C#Cc1ccc(N)cc1.Nc1ccc(C#Cc2cc(C#Cc3ccc(N)cc3)cc(C#Cc3ccc(N)cc3)c2)cc1. The van der Waals surface area contributed by atoms with Crippen molar-refractivity contribution in [2.75, 3.05) is 22.9 Å². The number of nitrogens with two attached hydrogens (primary N) is 4. The van der Waals surface area contributed by atoms with Crippen LogP contribution in [-0.2, 0) is 0 Å². The van der Waals surface area contributed by atoms with Crippen molar-refractivity contribution in [3.63, 3.8) is 0 Å². The summed E-state index contributed by atoms with van der Waals surface area (Å²) in [6, 6.07) is 41.5. The Hall–Kier alpha value is -5.80. The molecule has 0 aromatic heterocycles. The Morgan fingerprint density at radius 3 is 0.765 bits per heavy atom. The van der Waals surface area contributed by atoms with Gasteiger partial charge in [0.1, 0.15) is 0 Å². The topological polar surface area (TPSA) is 104 Å². The van der Waals surface area contributed by atoms with Crippen molar-refractivity contribution in [2.45, 2.75) is 0 Å². The van der Waals surface area contributed by atoms with Crippen LogP contribution in [0.2, 0.25) is 0 Å². The number of anilines is 4. The summed E-state index contributed by atoms with van der Waals surface area (Å²) in [5.41, 5.74) is 31.6. The van der Waals surface area contributed by atoms with Crippen molar-refractivity contribution in [1.29, 1.82) is 0 Å². The summed E-state index contributed by atoms with van der Waals surface area (Å²) >= 11 is 10.1. The van der Waals surface area contributed by atoms with Gasteiger partial charge in [-0.1, -0.05) is 89.2 Å². The Kier molecular flexibility index (Phi) is 14.5. The zero-order valence-corrected chi connectivity index (χ0v) is 32.0. The van der Waals surface area contributed by atoms with Gasteiger partial charge in [0.05, 0.1) is 0 Å². The fourth-order valence-corrected chi connectivity index (χ4v) is 6.48. The van der Waals surface area contributed by atoms with E-state index in [1.807, 2.05) is 121 Å². The van der Waals surface area contributed by atoms with Gasteiger partial charge in [0, 0.05) is 75.1 Å². The van der Waals surface area contributed by atoms with Crippen LogP contribution in [-0.4, -0.2) is 0 Å². The van der Waals surface area contributed by atoms with Gasteiger partial charge in [-0.2, -0.15) is 0 Å². The Bertz CT molecular complexity index is 2080. The van der Waals surface area contributed by atoms with E-state index in [0.29, 0.717) is 17.1 Å². The molecule has 0 aliphatic carbocycles. The molecule has 0 aliphatic rings. The van der Waals surface area contributed by atoms with Crippen molar-refractivity contribution in [3.05, 3.63) is 186 Å². The minimum atomic E-state index is 0.709. The zero-order chi connectivity index (χ0) is 36.6. The maximum absolute atomic E-state index is 5.76. The van der Waals surface area contributed by atoms with Gasteiger partial charge in [-0.3, -0.25) is 0 Å². The lowest BCUT2D eigenvalue weighted by Gasteiger charge is -1.98. The maximum Gasteiger partial charge on any atom is 0.0314 e. The highest BCUT2D eigenvalue weighted by Crippen LogP contribution is 2.23. The van der Waals surface area contributed by atoms with Crippen LogP contribution in [0.1, 0.15) is 38.9 Å². The summed E-state index contributed by atoms with van der Waals surface area (Å²) < 4.78 is 3.22. The molecule has 0 amide bonds. The van der Waals surface area contributed by atoms with Gasteiger partial charge in [0.2, 0.25) is 0 Å². The fourth-order valence-electron chi connectivity index (χ4n) is 4.08. The number of rotatable bonds is 0. The molecule has 7 heteroatoms. The lowest BCUT2D eigenvalue weighted by Crippen LogP contribution is -1.87. The second-order valence-corrected chi connectivity index (χ2v) is 13.5. The van der Waals surface area contributed by atoms with Crippen LogP contribution in [0.5, 0.6) is 0 Å². The monoisotopic (exact) mass is 852 g/mol. The van der Waals surface area contributed by atoms with Crippen LogP contribution < -0.4 is 22.9 Å². The summed E-state index contributed by atoms with van der Waals surface area (Å²) in [5.74, 6) is 21.7. The predicted octanol–water partition coefficient (Wildman–Crippen LogP) is 9.86. The molecule has 6 aromatic rings. The second-order valence-electron chi connectivity index (χ2n) is 10.8. The molecule has 0 aliphatic heterocycles. The highest BCUT2D eigenvalue weighted by molar-refractivity contribution is 9.11. The molecule has 0 bridgehead atoms. The summed E-state index contributed by atoms with van der Waals surface area (Å²) in [6.07, 6.45) is 5.11. The highest BCUT2D eigenvalue weighted by Gasteiger charge is 1.98. The second kappa shape index (κ2) is 19.4. The van der Waals surface area contributed by atoms with Crippen molar-refractivity contribution < 1.29 is 0 Å². The molecular formula is C44H31Br3N4. The van der Waals surface area contributed by atoms with E-state index >= 15 is 0 Å². The molecule has 0 saturated heterocycles. The molecule has 0 spiro atoms. The van der Waals surface area contributed by atoms with Gasteiger partial charge < -0.3 is 22.9 Å². The van der Waals surface area contributed by atoms with Crippen LogP contribution in [0.3, 0.4) is 0 Å². The zero-order valence-electron chi connectivity index (χ0n) is 27.2. The molecular weight excluding hydrogens is 824 g/mol. The van der Waals surface area contributed by atoms with Crippen molar-refractivity contribution in [1.82, 2.24) is 0 Å². The van der Waals surface area contributed by atoms with Gasteiger partial charge in [-0.25, -0.2) is 0 Å². The Morgan fingerprint density at radius 1 is 0.314 bits per heavy atom. The maximum atomic E-state index is 5.76. The molecule has 8 N–H and O–H groups in total. The molecule has 0 atom stereocenters. The van der Waals surface area contributed by atoms with E-state index in [0.717, 1.165) is 58.0 Å². The summed E-state index contributed by atoms with van der Waals surface area (Å²) in [7, 11) is 0. The first-order valence-corrected chi connectivity index (χ1v) is 17.6. The molecule has 6 aromatic carbocycles. The Labute approximate surface area is 325 Å². The van der Waals surface area contributed by atoms with Crippen molar-refractivity contribution in [3.8, 4) is 47.9 Å².